The molecule has 2 amide bonds. The monoisotopic (exact) mass is 382 g/mol. The minimum atomic E-state index is 0.0510. The lowest BCUT2D eigenvalue weighted by Gasteiger charge is -2.53. The number of carbonyl (C=O) groups excluding carboxylic acids is 2. The fourth-order valence-electron chi connectivity index (χ4n) is 6.37. The predicted octanol–water partition coefficient (Wildman–Crippen LogP) is 4.46. The van der Waals surface area contributed by atoms with E-state index in [9.17, 15) is 9.59 Å². The smallest absolute Gasteiger partial charge is 0.251 e. The molecule has 1 N–H and O–H groups in total. The van der Waals surface area contributed by atoms with Crippen LogP contribution in [0.5, 0.6) is 0 Å². The largest absolute Gasteiger partial charge is 0.349 e. The average molecular weight is 383 g/mol. The van der Waals surface area contributed by atoms with Crippen LogP contribution < -0.4 is 5.32 Å². The molecule has 3 fully saturated rings. The van der Waals surface area contributed by atoms with Crippen LogP contribution in [-0.2, 0) is 4.79 Å². The maximum Gasteiger partial charge on any atom is 0.251 e. The van der Waals surface area contributed by atoms with Crippen molar-refractivity contribution in [1.82, 2.24) is 10.2 Å². The molecule has 2 aliphatic heterocycles. The maximum atomic E-state index is 12.9. The molecular formula is C24H34N2O2. The van der Waals surface area contributed by atoms with Crippen LogP contribution in [0.15, 0.2) is 24.3 Å². The van der Waals surface area contributed by atoms with Gasteiger partial charge in [0.25, 0.3) is 5.91 Å². The lowest BCUT2D eigenvalue weighted by molar-refractivity contribution is -0.138. The van der Waals surface area contributed by atoms with Crippen molar-refractivity contribution in [2.45, 2.75) is 83.2 Å². The van der Waals surface area contributed by atoms with Crippen LogP contribution >= 0.6 is 0 Å². The Balaban J connectivity index is 1.57. The number of hydrogen-bond acceptors (Lipinski definition) is 2. The quantitative estimate of drug-likeness (QED) is 0.835. The number of nitrogens with one attached hydrogen (secondary N) is 1. The van der Waals surface area contributed by atoms with Gasteiger partial charge in [-0.15, -0.1) is 0 Å². The predicted molar refractivity (Wildman–Crippen MR) is 111 cm³/mol. The molecule has 3 aliphatic rings. The Bertz CT molecular complexity index is 729. The summed E-state index contributed by atoms with van der Waals surface area (Å²) in [6, 6.07) is 8.07. The fraction of sp³-hybridized carbons (Fsp3) is 0.667. The zero-order valence-electron chi connectivity index (χ0n) is 17.4. The number of amides is 2. The molecule has 4 heteroatoms. The summed E-state index contributed by atoms with van der Waals surface area (Å²) >= 11 is 0. The van der Waals surface area contributed by atoms with E-state index in [2.05, 4.69) is 17.1 Å². The molecule has 2 saturated heterocycles. The first-order chi connectivity index (χ1) is 13.5. The van der Waals surface area contributed by atoms with Crippen molar-refractivity contribution in [1.29, 1.82) is 0 Å². The van der Waals surface area contributed by atoms with Crippen molar-refractivity contribution in [3.63, 3.8) is 0 Å². The minimum absolute atomic E-state index is 0.0510. The summed E-state index contributed by atoms with van der Waals surface area (Å²) < 4.78 is 0. The lowest BCUT2D eigenvalue weighted by Crippen LogP contribution is -2.60. The molecule has 4 nitrogen and oxygen atoms in total. The van der Waals surface area contributed by atoms with Crippen LogP contribution in [0, 0.1) is 18.8 Å². The van der Waals surface area contributed by atoms with Crippen molar-refractivity contribution in [2.75, 3.05) is 6.54 Å². The Kier molecular flexibility index (Phi) is 5.48. The van der Waals surface area contributed by atoms with Gasteiger partial charge in [0.15, 0.2) is 0 Å². The van der Waals surface area contributed by atoms with Gasteiger partial charge in [0.1, 0.15) is 0 Å². The van der Waals surface area contributed by atoms with Gasteiger partial charge in [0.05, 0.1) is 0 Å². The van der Waals surface area contributed by atoms with Crippen LogP contribution in [-0.4, -0.2) is 34.8 Å². The molecule has 1 aromatic carbocycles. The Morgan fingerprint density at radius 3 is 2.71 bits per heavy atom. The zero-order chi connectivity index (χ0) is 19.7. The highest BCUT2D eigenvalue weighted by Crippen LogP contribution is 2.52. The molecule has 0 radical (unpaired) electrons. The van der Waals surface area contributed by atoms with Gasteiger partial charge in [0, 0.05) is 30.1 Å². The molecule has 1 spiro atoms. The van der Waals surface area contributed by atoms with Gasteiger partial charge in [-0.2, -0.15) is 0 Å². The molecule has 1 saturated carbocycles. The third kappa shape index (κ3) is 3.35. The Morgan fingerprint density at radius 2 is 1.96 bits per heavy atom. The number of carbonyl (C=O) groups is 2. The second-order valence-electron chi connectivity index (χ2n) is 9.19. The molecule has 1 aliphatic carbocycles. The van der Waals surface area contributed by atoms with Gasteiger partial charge >= 0.3 is 0 Å². The lowest BCUT2D eigenvalue weighted by atomic mass is 9.61. The number of benzene rings is 1. The van der Waals surface area contributed by atoms with E-state index < -0.39 is 0 Å². The minimum Gasteiger partial charge on any atom is -0.349 e. The highest BCUT2D eigenvalue weighted by Gasteiger charge is 2.55. The summed E-state index contributed by atoms with van der Waals surface area (Å²) in [4.78, 5) is 27.9. The summed E-state index contributed by atoms with van der Waals surface area (Å²) in [6.45, 7) is 5.23. The zero-order valence-corrected chi connectivity index (χ0v) is 17.4. The molecule has 0 bridgehead atoms. The first kappa shape index (κ1) is 19.5. The van der Waals surface area contributed by atoms with E-state index in [1.807, 2.05) is 31.2 Å². The number of nitrogens with zero attached hydrogens (tertiary/aromatic N) is 1. The van der Waals surface area contributed by atoms with Crippen molar-refractivity contribution in [3.05, 3.63) is 35.4 Å². The number of rotatable bonds is 4. The van der Waals surface area contributed by atoms with Gasteiger partial charge in [-0.25, -0.2) is 0 Å². The average Bonchev–Trinajstić information content (AvgIpc) is 3.05. The Hall–Kier alpha value is -1.84. The first-order valence-electron chi connectivity index (χ1n) is 11.2. The normalized spacial score (nSPS) is 32.4. The standard InChI is InChI=1S/C24H34N2O2/c1-3-6-19-20-7-4-8-22(27)26-16-5-14-24(20,26)15-13-21(19)25-23(28)18-11-9-17(2)10-12-18/h9-12,19-21H,3-8,13-16H2,1-2H3,(H,25,28)/t19-,20+,21+,24-/m1/s1. The van der Waals surface area contributed by atoms with Crippen LogP contribution in [0.3, 0.4) is 0 Å². The molecule has 2 heterocycles. The van der Waals surface area contributed by atoms with E-state index >= 15 is 0 Å². The highest BCUT2D eigenvalue weighted by atomic mass is 16.2. The van der Waals surface area contributed by atoms with E-state index in [0.717, 1.165) is 63.5 Å². The molecule has 1 aromatic rings. The molecule has 4 atom stereocenters. The molecule has 0 aromatic heterocycles. The summed E-state index contributed by atoms with van der Waals surface area (Å²) in [5.41, 5.74) is 1.99. The highest BCUT2D eigenvalue weighted by molar-refractivity contribution is 5.94. The third-order valence-electron chi connectivity index (χ3n) is 7.60. The van der Waals surface area contributed by atoms with Crippen LogP contribution in [0.1, 0.15) is 80.6 Å². The van der Waals surface area contributed by atoms with Gasteiger partial charge in [-0.05, 0) is 75.8 Å². The van der Waals surface area contributed by atoms with Crippen LogP contribution in [0.25, 0.3) is 0 Å². The Morgan fingerprint density at radius 1 is 1.18 bits per heavy atom. The van der Waals surface area contributed by atoms with E-state index in [-0.39, 0.29) is 17.5 Å². The van der Waals surface area contributed by atoms with Crippen molar-refractivity contribution >= 4 is 11.8 Å². The summed E-state index contributed by atoms with van der Waals surface area (Å²) in [5.74, 6) is 1.42. The summed E-state index contributed by atoms with van der Waals surface area (Å²) in [6.07, 6.45) is 9.42. The number of hydrogen-bond donors (Lipinski definition) is 1. The molecule has 4 rings (SSSR count). The molecule has 152 valence electrons. The van der Waals surface area contributed by atoms with E-state index in [0.29, 0.717) is 24.2 Å². The number of aryl methyl sites for hydroxylation is 1. The second kappa shape index (κ2) is 7.88. The van der Waals surface area contributed by atoms with E-state index in [1.54, 1.807) is 0 Å². The van der Waals surface area contributed by atoms with Crippen LogP contribution in [0.2, 0.25) is 0 Å². The third-order valence-corrected chi connectivity index (χ3v) is 7.60. The van der Waals surface area contributed by atoms with E-state index in [1.165, 1.54) is 5.56 Å². The summed E-state index contributed by atoms with van der Waals surface area (Å²) in [5, 5.41) is 3.39. The van der Waals surface area contributed by atoms with Gasteiger partial charge in [0.2, 0.25) is 5.91 Å². The summed E-state index contributed by atoms with van der Waals surface area (Å²) in [7, 11) is 0. The van der Waals surface area contributed by atoms with Crippen molar-refractivity contribution in [3.8, 4) is 0 Å². The van der Waals surface area contributed by atoms with Crippen LogP contribution in [0.4, 0.5) is 0 Å². The second-order valence-corrected chi connectivity index (χ2v) is 9.19. The van der Waals surface area contributed by atoms with Gasteiger partial charge < -0.3 is 10.2 Å². The Labute approximate surface area is 169 Å². The van der Waals surface area contributed by atoms with Gasteiger partial charge in [-0.3, -0.25) is 9.59 Å². The fourth-order valence-corrected chi connectivity index (χ4v) is 6.37. The molecule has 28 heavy (non-hydrogen) atoms. The van der Waals surface area contributed by atoms with Crippen molar-refractivity contribution < 1.29 is 9.59 Å². The van der Waals surface area contributed by atoms with Crippen molar-refractivity contribution in [2.24, 2.45) is 11.8 Å². The maximum absolute atomic E-state index is 12.9. The SMILES string of the molecule is CCC[C@H]1[C@@H](NC(=O)c2ccc(C)cc2)CC[C@@]23CCCN2C(=O)CCC[C@@H]13. The topological polar surface area (TPSA) is 49.4 Å². The molecular weight excluding hydrogens is 348 g/mol. The first-order valence-corrected chi connectivity index (χ1v) is 11.2. The van der Waals surface area contributed by atoms with E-state index in [4.69, 9.17) is 0 Å². The van der Waals surface area contributed by atoms with Gasteiger partial charge in [-0.1, -0.05) is 31.0 Å². The molecule has 0 unspecified atom stereocenters.